The van der Waals surface area contributed by atoms with E-state index in [1.165, 1.54) is 0 Å². The fraction of sp³-hybridized carbons (Fsp3) is 0.909. The monoisotopic (exact) mass is 218 g/mol. The van der Waals surface area contributed by atoms with Crippen LogP contribution in [0.15, 0.2) is 0 Å². The normalized spacial score (nSPS) is 12.5. The summed E-state index contributed by atoms with van der Waals surface area (Å²) in [6.07, 6.45) is 3.12. The molecule has 4 heteroatoms. The smallest absolute Gasteiger partial charge is 0.305 e. The summed E-state index contributed by atoms with van der Waals surface area (Å²) in [6, 6.07) is 0. The van der Waals surface area contributed by atoms with Crippen molar-refractivity contribution in [3.8, 4) is 0 Å². The molecule has 0 heterocycles. The number of carbonyl (C=O) groups is 1. The largest absolute Gasteiger partial charge is 0.466 e. The number of hydrogen-bond donors (Lipinski definition) is 1. The van der Waals surface area contributed by atoms with Crippen molar-refractivity contribution in [1.82, 2.24) is 0 Å². The Bertz CT molecular complexity index is 159. The zero-order valence-corrected chi connectivity index (χ0v) is 9.70. The summed E-state index contributed by atoms with van der Waals surface area (Å²) in [5.41, 5.74) is 0. The molecule has 0 rings (SSSR count). The Hall–Kier alpha value is -0.610. The Morgan fingerprint density at radius 2 is 2.07 bits per heavy atom. The zero-order valence-electron chi connectivity index (χ0n) is 9.70. The number of carbonyl (C=O) groups excluding carboxylic acids is 1. The van der Waals surface area contributed by atoms with Crippen molar-refractivity contribution in [2.24, 2.45) is 0 Å². The van der Waals surface area contributed by atoms with Gasteiger partial charge in [0.15, 0.2) is 0 Å². The molecule has 0 aliphatic heterocycles. The first-order valence-corrected chi connectivity index (χ1v) is 5.58. The van der Waals surface area contributed by atoms with Gasteiger partial charge in [-0.2, -0.15) is 0 Å². The summed E-state index contributed by atoms with van der Waals surface area (Å²) < 4.78 is 10.1. The number of aliphatic hydroxyl groups is 1. The lowest BCUT2D eigenvalue weighted by Crippen LogP contribution is -2.13. The highest BCUT2D eigenvalue weighted by Crippen LogP contribution is 2.02. The first kappa shape index (κ1) is 14.4. The molecule has 0 amide bonds. The van der Waals surface area contributed by atoms with Crippen LogP contribution in [0.4, 0.5) is 0 Å². The molecule has 1 unspecified atom stereocenters. The molecule has 1 N–H and O–H groups in total. The molecule has 0 radical (unpaired) electrons. The topological polar surface area (TPSA) is 55.8 Å². The Morgan fingerprint density at radius 3 is 2.67 bits per heavy atom. The van der Waals surface area contributed by atoms with E-state index in [2.05, 4.69) is 0 Å². The first-order valence-electron chi connectivity index (χ1n) is 5.58. The third-order valence-electron chi connectivity index (χ3n) is 1.99. The van der Waals surface area contributed by atoms with E-state index in [4.69, 9.17) is 14.6 Å². The van der Waals surface area contributed by atoms with Crippen LogP contribution in [0.25, 0.3) is 0 Å². The van der Waals surface area contributed by atoms with Crippen molar-refractivity contribution in [1.29, 1.82) is 0 Å². The molecule has 0 aromatic carbocycles. The van der Waals surface area contributed by atoms with Crippen LogP contribution < -0.4 is 0 Å². The van der Waals surface area contributed by atoms with E-state index in [0.717, 1.165) is 19.3 Å². The van der Waals surface area contributed by atoms with E-state index in [9.17, 15) is 4.79 Å². The molecule has 0 spiro atoms. The van der Waals surface area contributed by atoms with Crippen LogP contribution in [0.3, 0.4) is 0 Å². The Kier molecular flexibility index (Phi) is 9.52. The maximum Gasteiger partial charge on any atom is 0.305 e. The fourth-order valence-corrected chi connectivity index (χ4v) is 1.12. The minimum atomic E-state index is -0.123. The maximum atomic E-state index is 10.9. The highest BCUT2D eigenvalue weighted by atomic mass is 16.5. The number of ether oxygens (including phenoxy) is 2. The molecule has 0 saturated carbocycles. The van der Waals surface area contributed by atoms with Crippen LogP contribution in [-0.2, 0) is 14.3 Å². The van der Waals surface area contributed by atoms with Gasteiger partial charge in [-0.05, 0) is 26.7 Å². The first-order chi connectivity index (χ1) is 7.20. The lowest BCUT2D eigenvalue weighted by molar-refractivity contribution is -0.143. The van der Waals surface area contributed by atoms with E-state index >= 15 is 0 Å². The maximum absolute atomic E-state index is 10.9. The average molecular weight is 218 g/mol. The second-order valence-electron chi connectivity index (χ2n) is 3.48. The molecule has 0 aliphatic carbocycles. The van der Waals surface area contributed by atoms with Gasteiger partial charge in [-0.15, -0.1) is 0 Å². The fourth-order valence-electron chi connectivity index (χ4n) is 1.12. The third-order valence-corrected chi connectivity index (χ3v) is 1.99. The molecule has 0 bridgehead atoms. The predicted octanol–water partition coefficient (Wildman–Crippen LogP) is 1.51. The van der Waals surface area contributed by atoms with E-state index in [0.29, 0.717) is 19.6 Å². The highest BCUT2D eigenvalue weighted by molar-refractivity contribution is 5.69. The van der Waals surface area contributed by atoms with Crippen LogP contribution in [0.1, 0.15) is 39.5 Å². The molecule has 4 nitrogen and oxygen atoms in total. The van der Waals surface area contributed by atoms with Crippen LogP contribution in [0.2, 0.25) is 0 Å². The molecule has 0 saturated heterocycles. The molecule has 0 aromatic rings. The van der Waals surface area contributed by atoms with Gasteiger partial charge < -0.3 is 14.6 Å². The minimum absolute atomic E-state index is 0.0584. The van der Waals surface area contributed by atoms with Crippen LogP contribution in [0, 0.1) is 0 Å². The summed E-state index contributed by atoms with van der Waals surface area (Å²) in [5, 5.41) is 8.68. The van der Waals surface area contributed by atoms with Gasteiger partial charge in [0.2, 0.25) is 0 Å². The van der Waals surface area contributed by atoms with Crippen molar-refractivity contribution in [2.75, 3.05) is 19.8 Å². The van der Waals surface area contributed by atoms with E-state index < -0.39 is 0 Å². The summed E-state index contributed by atoms with van der Waals surface area (Å²) in [4.78, 5) is 10.9. The number of esters is 1. The Balaban J connectivity index is 3.14. The Morgan fingerprint density at radius 1 is 1.33 bits per heavy atom. The van der Waals surface area contributed by atoms with Gasteiger partial charge in [-0.25, -0.2) is 0 Å². The lowest BCUT2D eigenvalue weighted by atomic mass is 10.2. The Labute approximate surface area is 91.6 Å². The van der Waals surface area contributed by atoms with Crippen LogP contribution >= 0.6 is 0 Å². The predicted molar refractivity (Wildman–Crippen MR) is 57.6 cm³/mol. The van der Waals surface area contributed by atoms with Crippen molar-refractivity contribution in [3.63, 3.8) is 0 Å². The van der Waals surface area contributed by atoms with E-state index in [-0.39, 0.29) is 18.7 Å². The van der Waals surface area contributed by atoms with Crippen molar-refractivity contribution in [2.45, 2.75) is 45.6 Å². The number of rotatable bonds is 9. The standard InChI is InChI=1S/C11H22O4/c1-3-14-11(13)7-5-4-6-8-15-10(2)9-12/h10,12H,3-9H2,1-2H3. The molecular formula is C11H22O4. The summed E-state index contributed by atoms with van der Waals surface area (Å²) in [5.74, 6) is -0.123. The van der Waals surface area contributed by atoms with Gasteiger partial charge in [-0.1, -0.05) is 6.42 Å². The SMILES string of the molecule is CCOC(=O)CCCCCOC(C)CO. The van der Waals surface area contributed by atoms with Crippen LogP contribution in [0.5, 0.6) is 0 Å². The van der Waals surface area contributed by atoms with Gasteiger partial charge in [0.25, 0.3) is 0 Å². The molecule has 15 heavy (non-hydrogen) atoms. The minimum Gasteiger partial charge on any atom is -0.466 e. The average Bonchev–Trinajstić information content (AvgIpc) is 2.23. The molecule has 90 valence electrons. The van der Waals surface area contributed by atoms with Crippen molar-refractivity contribution >= 4 is 5.97 Å². The van der Waals surface area contributed by atoms with Gasteiger partial charge in [0, 0.05) is 13.0 Å². The van der Waals surface area contributed by atoms with Gasteiger partial charge in [0.05, 0.1) is 19.3 Å². The van der Waals surface area contributed by atoms with E-state index in [1.54, 1.807) is 0 Å². The molecular weight excluding hydrogens is 196 g/mol. The van der Waals surface area contributed by atoms with Crippen molar-refractivity contribution < 1.29 is 19.4 Å². The van der Waals surface area contributed by atoms with Crippen molar-refractivity contribution in [3.05, 3.63) is 0 Å². The summed E-state index contributed by atoms with van der Waals surface area (Å²) in [7, 11) is 0. The number of unbranched alkanes of at least 4 members (excludes halogenated alkanes) is 2. The van der Waals surface area contributed by atoms with E-state index in [1.807, 2.05) is 13.8 Å². The molecule has 0 aromatic heterocycles. The summed E-state index contributed by atoms with van der Waals surface area (Å²) in [6.45, 7) is 4.80. The quantitative estimate of drug-likeness (QED) is 0.471. The summed E-state index contributed by atoms with van der Waals surface area (Å²) >= 11 is 0. The number of aliphatic hydroxyl groups excluding tert-OH is 1. The zero-order chi connectivity index (χ0) is 11.5. The van der Waals surface area contributed by atoms with Gasteiger partial charge >= 0.3 is 5.97 Å². The third kappa shape index (κ3) is 9.69. The van der Waals surface area contributed by atoms with Crippen LogP contribution in [-0.4, -0.2) is 37.0 Å². The molecule has 0 fully saturated rings. The van der Waals surface area contributed by atoms with Gasteiger partial charge in [-0.3, -0.25) is 4.79 Å². The number of hydrogen-bond acceptors (Lipinski definition) is 4. The lowest BCUT2D eigenvalue weighted by Gasteiger charge is -2.09. The molecule has 0 aliphatic rings. The highest BCUT2D eigenvalue weighted by Gasteiger charge is 2.01. The second kappa shape index (κ2) is 9.93. The second-order valence-corrected chi connectivity index (χ2v) is 3.48. The van der Waals surface area contributed by atoms with Gasteiger partial charge in [0.1, 0.15) is 0 Å². The molecule has 1 atom stereocenters.